The number of likely N-dealkylation sites (tertiary alicyclic amines) is 2. The minimum atomic E-state index is -0.278. The highest BCUT2D eigenvalue weighted by atomic mass is 16.2. The fraction of sp³-hybridized carbons (Fsp3) is 0.545. The van der Waals surface area contributed by atoms with Crippen molar-refractivity contribution in [3.63, 3.8) is 0 Å². The molecule has 29 heavy (non-hydrogen) atoms. The van der Waals surface area contributed by atoms with Gasteiger partial charge in [-0.15, -0.1) is 0 Å². The number of rotatable bonds is 4. The molecule has 1 saturated carbocycles. The number of anilines is 1. The smallest absolute Gasteiger partial charge is 0.244 e. The summed E-state index contributed by atoms with van der Waals surface area (Å²) in [6, 6.07) is 9.35. The third-order valence-corrected chi connectivity index (χ3v) is 6.96. The first kappa shape index (κ1) is 18.1. The standard InChI is InChI=1S/C22H23N5O2/c1-13(21(28)27-17(10-23)7-14-8-19(14)27)11-25-12-18-9-20(25)22(29)26(18)16-5-3-15(24-2)4-6-16/h3-6,13-14,17-20H,7-9,11-12H2,1H3/t13-,14+,17-,18-,19?,20-/m0/s1. The summed E-state index contributed by atoms with van der Waals surface area (Å²) >= 11 is 0. The summed E-state index contributed by atoms with van der Waals surface area (Å²) in [5.41, 5.74) is 1.40. The molecule has 1 aromatic carbocycles. The van der Waals surface area contributed by atoms with Crippen molar-refractivity contribution >= 4 is 23.2 Å². The lowest BCUT2D eigenvalue weighted by atomic mass is 10.1. The first-order valence-electron chi connectivity index (χ1n) is 10.3. The van der Waals surface area contributed by atoms with Gasteiger partial charge in [0.1, 0.15) is 6.04 Å². The number of hydrogen-bond donors (Lipinski definition) is 0. The number of nitrogens with zero attached hydrogens (tertiary/aromatic N) is 5. The molecule has 7 heteroatoms. The minimum Gasteiger partial charge on any atom is -0.323 e. The molecule has 6 atom stereocenters. The molecule has 4 aliphatic rings. The average molecular weight is 389 g/mol. The van der Waals surface area contributed by atoms with E-state index in [0.29, 0.717) is 18.2 Å². The summed E-state index contributed by atoms with van der Waals surface area (Å²) in [4.78, 5) is 35.2. The van der Waals surface area contributed by atoms with Crippen molar-refractivity contribution in [2.45, 2.75) is 50.4 Å². The number of piperazine rings is 1. The number of piperidine rings is 1. The monoisotopic (exact) mass is 389 g/mol. The van der Waals surface area contributed by atoms with Crippen LogP contribution in [-0.4, -0.2) is 58.9 Å². The zero-order chi connectivity index (χ0) is 20.3. The number of hydrogen-bond acceptors (Lipinski definition) is 4. The molecule has 3 aliphatic heterocycles. The third-order valence-electron chi connectivity index (χ3n) is 6.96. The van der Waals surface area contributed by atoms with Crippen LogP contribution < -0.4 is 4.90 Å². The minimum absolute atomic E-state index is 0.0587. The van der Waals surface area contributed by atoms with Crippen LogP contribution in [-0.2, 0) is 9.59 Å². The number of benzene rings is 1. The van der Waals surface area contributed by atoms with Gasteiger partial charge in [0.25, 0.3) is 0 Å². The maximum atomic E-state index is 13.0. The molecule has 0 spiro atoms. The van der Waals surface area contributed by atoms with E-state index in [1.165, 1.54) is 0 Å². The van der Waals surface area contributed by atoms with Crippen LogP contribution in [0.2, 0.25) is 0 Å². The molecular weight excluding hydrogens is 366 g/mol. The highest BCUT2D eigenvalue weighted by Gasteiger charge is 2.55. The van der Waals surface area contributed by atoms with Crippen LogP contribution in [0.3, 0.4) is 0 Å². The van der Waals surface area contributed by atoms with Gasteiger partial charge < -0.3 is 9.80 Å². The van der Waals surface area contributed by atoms with E-state index in [2.05, 4.69) is 15.8 Å². The Hall–Kier alpha value is -2.90. The number of nitriles is 1. The molecule has 148 valence electrons. The van der Waals surface area contributed by atoms with Crippen LogP contribution >= 0.6 is 0 Å². The first-order chi connectivity index (χ1) is 14.0. The second-order valence-corrected chi connectivity index (χ2v) is 8.79. The quantitative estimate of drug-likeness (QED) is 0.740. The molecule has 0 radical (unpaired) electrons. The Kier molecular flexibility index (Phi) is 4.11. The van der Waals surface area contributed by atoms with Gasteiger partial charge in [-0.05, 0) is 37.3 Å². The van der Waals surface area contributed by atoms with Crippen molar-refractivity contribution in [3.05, 3.63) is 35.7 Å². The molecule has 7 nitrogen and oxygen atoms in total. The predicted octanol–water partition coefficient (Wildman–Crippen LogP) is 2.18. The zero-order valence-corrected chi connectivity index (χ0v) is 16.4. The Labute approximate surface area is 170 Å². The number of amides is 2. The summed E-state index contributed by atoms with van der Waals surface area (Å²) in [7, 11) is 0. The van der Waals surface area contributed by atoms with E-state index in [9.17, 15) is 14.9 Å². The van der Waals surface area contributed by atoms with Gasteiger partial charge >= 0.3 is 0 Å². The number of carbonyl (C=O) groups excluding carboxylic acids is 2. The molecule has 5 rings (SSSR count). The van der Waals surface area contributed by atoms with Crippen LogP contribution in [0.15, 0.2) is 24.3 Å². The van der Waals surface area contributed by atoms with Crippen molar-refractivity contribution in [1.29, 1.82) is 5.26 Å². The van der Waals surface area contributed by atoms with Gasteiger partial charge in [-0.3, -0.25) is 14.5 Å². The van der Waals surface area contributed by atoms with Crippen LogP contribution in [0.25, 0.3) is 4.85 Å². The largest absolute Gasteiger partial charge is 0.323 e. The molecule has 1 aromatic rings. The summed E-state index contributed by atoms with van der Waals surface area (Å²) in [6.07, 6.45) is 2.62. The Morgan fingerprint density at radius 2 is 2.07 bits per heavy atom. The van der Waals surface area contributed by atoms with Gasteiger partial charge in [-0.1, -0.05) is 19.1 Å². The van der Waals surface area contributed by atoms with Gasteiger partial charge in [0, 0.05) is 30.7 Å². The lowest BCUT2D eigenvalue weighted by Gasteiger charge is -2.35. The molecule has 1 unspecified atom stereocenters. The van der Waals surface area contributed by atoms with Crippen LogP contribution in [0, 0.1) is 29.7 Å². The second kappa shape index (κ2) is 6.57. The fourth-order valence-corrected chi connectivity index (χ4v) is 5.46. The Balaban J connectivity index is 1.24. The van der Waals surface area contributed by atoms with Gasteiger partial charge in [0.05, 0.1) is 24.7 Å². The zero-order valence-electron chi connectivity index (χ0n) is 16.4. The molecular formula is C22H23N5O2. The van der Waals surface area contributed by atoms with Gasteiger partial charge in [0.15, 0.2) is 5.69 Å². The molecule has 4 fully saturated rings. The maximum absolute atomic E-state index is 13.0. The van der Waals surface area contributed by atoms with E-state index in [1.807, 2.05) is 28.9 Å². The van der Waals surface area contributed by atoms with Crippen molar-refractivity contribution < 1.29 is 9.59 Å². The van der Waals surface area contributed by atoms with Crippen molar-refractivity contribution in [2.24, 2.45) is 11.8 Å². The van der Waals surface area contributed by atoms with Crippen molar-refractivity contribution in [1.82, 2.24) is 9.80 Å². The van der Waals surface area contributed by atoms with E-state index in [0.717, 1.165) is 31.5 Å². The van der Waals surface area contributed by atoms with E-state index >= 15 is 0 Å². The number of carbonyl (C=O) groups is 2. The van der Waals surface area contributed by atoms with Gasteiger partial charge in [0.2, 0.25) is 11.8 Å². The van der Waals surface area contributed by atoms with E-state index < -0.39 is 0 Å². The summed E-state index contributed by atoms with van der Waals surface area (Å²) in [5, 5.41) is 9.36. The van der Waals surface area contributed by atoms with Crippen LogP contribution in [0.4, 0.5) is 11.4 Å². The summed E-state index contributed by atoms with van der Waals surface area (Å²) in [5.74, 6) is 0.435. The van der Waals surface area contributed by atoms with Gasteiger partial charge in [-0.2, -0.15) is 5.26 Å². The molecule has 2 amide bonds. The maximum Gasteiger partial charge on any atom is 0.244 e. The Morgan fingerprint density at radius 3 is 2.72 bits per heavy atom. The second-order valence-electron chi connectivity index (χ2n) is 8.79. The Bertz CT molecular complexity index is 945. The molecule has 0 N–H and O–H groups in total. The molecule has 1 aliphatic carbocycles. The van der Waals surface area contributed by atoms with Crippen LogP contribution in [0.5, 0.6) is 0 Å². The molecule has 3 heterocycles. The normalized spacial score (nSPS) is 33.3. The third kappa shape index (κ3) is 2.81. The average Bonchev–Trinajstić information content (AvgIpc) is 3.07. The van der Waals surface area contributed by atoms with E-state index in [4.69, 9.17) is 6.57 Å². The van der Waals surface area contributed by atoms with Gasteiger partial charge in [-0.25, -0.2) is 4.85 Å². The highest BCUT2D eigenvalue weighted by Crippen LogP contribution is 2.48. The van der Waals surface area contributed by atoms with E-state index in [-0.39, 0.29) is 41.9 Å². The number of fused-ring (bicyclic) bond motifs is 3. The highest BCUT2D eigenvalue weighted by molar-refractivity contribution is 6.01. The predicted molar refractivity (Wildman–Crippen MR) is 106 cm³/mol. The molecule has 2 bridgehead atoms. The van der Waals surface area contributed by atoms with E-state index in [1.54, 1.807) is 12.1 Å². The molecule has 0 aromatic heterocycles. The van der Waals surface area contributed by atoms with Crippen molar-refractivity contribution in [3.8, 4) is 6.07 Å². The summed E-state index contributed by atoms with van der Waals surface area (Å²) in [6.45, 7) is 10.3. The lowest BCUT2D eigenvalue weighted by molar-refractivity contribution is -0.137. The van der Waals surface area contributed by atoms with Crippen molar-refractivity contribution in [2.75, 3.05) is 18.0 Å². The topological polar surface area (TPSA) is 72.0 Å². The Morgan fingerprint density at radius 1 is 1.31 bits per heavy atom. The SMILES string of the molecule is [C-]#[N+]c1ccc(N2C(=O)[C@@H]3C[C@H]2CN3C[C@H](C)C(=O)N2C3C[C@H]3C[C@H]2C#N)cc1. The first-order valence-corrected chi connectivity index (χ1v) is 10.3. The summed E-state index contributed by atoms with van der Waals surface area (Å²) < 4.78 is 0. The lowest BCUT2D eigenvalue weighted by Crippen LogP contribution is -2.53. The molecule has 3 saturated heterocycles. The fourth-order valence-electron chi connectivity index (χ4n) is 5.46. The van der Waals surface area contributed by atoms with Crippen LogP contribution in [0.1, 0.15) is 26.2 Å².